The molecule has 17 heavy (non-hydrogen) atoms. The van der Waals surface area contributed by atoms with Crippen molar-refractivity contribution in [2.75, 3.05) is 6.61 Å². The molecule has 4 heteroatoms. The highest BCUT2D eigenvalue weighted by Gasteiger charge is 2.11. The third-order valence-corrected chi connectivity index (χ3v) is 2.21. The quantitative estimate of drug-likeness (QED) is 0.814. The maximum absolute atomic E-state index is 10.9. The van der Waals surface area contributed by atoms with E-state index in [-0.39, 0.29) is 12.3 Å². The summed E-state index contributed by atoms with van der Waals surface area (Å²) in [6.07, 6.45) is 5.11. The predicted molar refractivity (Wildman–Crippen MR) is 63.0 cm³/mol. The number of carbonyl (C=O) groups is 1. The standard InChI is InChI=1S/C13H9NO3/c1-2-7-17-12-8-11(13(15)16)14-10-6-4-3-5-9(10)12/h1,3-6,8H,7H2,(H,15,16). The summed E-state index contributed by atoms with van der Waals surface area (Å²) in [7, 11) is 0. The van der Waals surface area contributed by atoms with Gasteiger partial charge in [-0.1, -0.05) is 18.1 Å². The lowest BCUT2D eigenvalue weighted by molar-refractivity contribution is 0.0690. The zero-order chi connectivity index (χ0) is 12.3. The van der Waals surface area contributed by atoms with Crippen molar-refractivity contribution in [3.05, 3.63) is 36.0 Å². The SMILES string of the molecule is C#CCOc1cc(C(=O)O)nc2ccccc12. The number of carboxylic acid groups (broad SMARTS) is 1. The molecular weight excluding hydrogens is 218 g/mol. The Morgan fingerprint density at radius 3 is 2.94 bits per heavy atom. The van der Waals surface area contributed by atoms with Crippen LogP contribution in [-0.2, 0) is 0 Å². The van der Waals surface area contributed by atoms with E-state index < -0.39 is 5.97 Å². The van der Waals surface area contributed by atoms with Crippen molar-refractivity contribution in [2.45, 2.75) is 0 Å². The summed E-state index contributed by atoms with van der Waals surface area (Å²) in [6, 6.07) is 8.52. The average molecular weight is 227 g/mol. The lowest BCUT2D eigenvalue weighted by Crippen LogP contribution is -2.03. The largest absolute Gasteiger partial charge is 0.480 e. The highest BCUT2D eigenvalue weighted by molar-refractivity contribution is 5.93. The van der Waals surface area contributed by atoms with Crippen molar-refractivity contribution in [2.24, 2.45) is 0 Å². The summed E-state index contributed by atoms with van der Waals surface area (Å²) in [6.45, 7) is 0.0903. The molecule has 1 aromatic heterocycles. The van der Waals surface area contributed by atoms with Crippen molar-refractivity contribution in [3.8, 4) is 18.1 Å². The molecule has 0 bridgehead atoms. The number of fused-ring (bicyclic) bond motifs is 1. The lowest BCUT2D eigenvalue weighted by atomic mass is 10.2. The number of rotatable bonds is 3. The monoisotopic (exact) mass is 227 g/mol. The second-order valence-electron chi connectivity index (χ2n) is 3.32. The Hall–Kier alpha value is -2.54. The van der Waals surface area contributed by atoms with Crippen LogP contribution in [0.5, 0.6) is 5.75 Å². The minimum atomic E-state index is -1.10. The molecule has 0 spiro atoms. The molecule has 2 aromatic rings. The number of ether oxygens (including phenoxy) is 1. The number of hydrogen-bond acceptors (Lipinski definition) is 3. The van der Waals surface area contributed by atoms with E-state index in [1.165, 1.54) is 6.07 Å². The third kappa shape index (κ3) is 2.18. The Morgan fingerprint density at radius 2 is 2.24 bits per heavy atom. The fraction of sp³-hybridized carbons (Fsp3) is 0.0769. The van der Waals surface area contributed by atoms with Gasteiger partial charge in [0.2, 0.25) is 0 Å². The molecule has 0 atom stereocenters. The summed E-state index contributed by atoms with van der Waals surface area (Å²) >= 11 is 0. The van der Waals surface area contributed by atoms with Crippen LogP contribution in [0.3, 0.4) is 0 Å². The molecule has 0 aliphatic heterocycles. The third-order valence-electron chi connectivity index (χ3n) is 2.21. The maximum atomic E-state index is 10.9. The topological polar surface area (TPSA) is 59.4 Å². The highest BCUT2D eigenvalue weighted by Crippen LogP contribution is 2.25. The van der Waals surface area contributed by atoms with E-state index in [9.17, 15) is 4.79 Å². The number of aromatic carboxylic acids is 1. The van der Waals surface area contributed by atoms with Gasteiger partial charge in [-0.25, -0.2) is 9.78 Å². The van der Waals surface area contributed by atoms with Gasteiger partial charge < -0.3 is 9.84 Å². The highest BCUT2D eigenvalue weighted by atomic mass is 16.5. The first-order valence-electron chi connectivity index (χ1n) is 4.91. The van der Waals surface area contributed by atoms with Gasteiger partial charge in [0, 0.05) is 11.5 Å². The molecule has 0 aliphatic carbocycles. The van der Waals surface area contributed by atoms with Crippen LogP contribution in [0.1, 0.15) is 10.5 Å². The number of pyridine rings is 1. The van der Waals surface area contributed by atoms with Crippen LogP contribution >= 0.6 is 0 Å². The Bertz CT molecular complexity index is 614. The number of aromatic nitrogens is 1. The fourth-order valence-corrected chi connectivity index (χ4v) is 1.49. The van der Waals surface area contributed by atoms with Crippen LogP contribution in [0, 0.1) is 12.3 Å². The van der Waals surface area contributed by atoms with E-state index in [0.717, 1.165) is 5.39 Å². The first kappa shape index (κ1) is 11.0. The van der Waals surface area contributed by atoms with Crippen LogP contribution < -0.4 is 4.74 Å². The molecule has 0 aliphatic rings. The molecule has 1 aromatic carbocycles. The molecule has 0 unspecified atom stereocenters. The van der Waals surface area contributed by atoms with Crippen molar-refractivity contribution in [3.63, 3.8) is 0 Å². The Kier molecular flexibility index (Phi) is 2.93. The molecule has 4 nitrogen and oxygen atoms in total. The van der Waals surface area contributed by atoms with Gasteiger partial charge in [0.05, 0.1) is 5.52 Å². The average Bonchev–Trinajstić information content (AvgIpc) is 2.35. The Morgan fingerprint density at radius 1 is 1.47 bits per heavy atom. The zero-order valence-electron chi connectivity index (χ0n) is 8.88. The molecular formula is C13H9NO3. The molecule has 1 heterocycles. The summed E-state index contributed by atoms with van der Waals surface area (Å²) < 4.78 is 5.32. The van der Waals surface area contributed by atoms with Crippen molar-refractivity contribution < 1.29 is 14.6 Å². The van der Waals surface area contributed by atoms with E-state index in [0.29, 0.717) is 11.3 Å². The van der Waals surface area contributed by atoms with Gasteiger partial charge in [-0.2, -0.15) is 0 Å². The van der Waals surface area contributed by atoms with Crippen molar-refractivity contribution in [1.82, 2.24) is 4.98 Å². The molecule has 0 fully saturated rings. The van der Waals surface area contributed by atoms with Crippen LogP contribution in [0.15, 0.2) is 30.3 Å². The van der Waals surface area contributed by atoms with Gasteiger partial charge in [0.1, 0.15) is 12.4 Å². The van der Waals surface area contributed by atoms with Crippen LogP contribution in [0.4, 0.5) is 0 Å². The van der Waals surface area contributed by atoms with Crippen molar-refractivity contribution >= 4 is 16.9 Å². The Balaban J connectivity index is 2.61. The number of carboxylic acids is 1. The molecule has 0 radical (unpaired) electrons. The second kappa shape index (κ2) is 4.54. The number of terminal acetylenes is 1. The van der Waals surface area contributed by atoms with E-state index in [4.69, 9.17) is 16.3 Å². The Labute approximate surface area is 97.9 Å². The van der Waals surface area contributed by atoms with E-state index in [2.05, 4.69) is 10.9 Å². The first-order chi connectivity index (χ1) is 8.22. The number of benzene rings is 1. The summed E-state index contributed by atoms with van der Waals surface area (Å²) in [4.78, 5) is 14.9. The molecule has 0 saturated carbocycles. The molecule has 84 valence electrons. The van der Waals surface area contributed by atoms with Crippen LogP contribution in [0.2, 0.25) is 0 Å². The first-order valence-corrected chi connectivity index (χ1v) is 4.91. The molecule has 1 N–H and O–H groups in total. The van der Waals surface area contributed by atoms with Gasteiger partial charge in [0.15, 0.2) is 5.69 Å². The lowest BCUT2D eigenvalue weighted by Gasteiger charge is -2.07. The summed E-state index contributed by atoms with van der Waals surface area (Å²) in [5, 5.41) is 9.68. The van der Waals surface area contributed by atoms with Gasteiger partial charge >= 0.3 is 5.97 Å². The van der Waals surface area contributed by atoms with Gasteiger partial charge in [-0.3, -0.25) is 0 Å². The van der Waals surface area contributed by atoms with Crippen LogP contribution in [-0.4, -0.2) is 22.7 Å². The van der Waals surface area contributed by atoms with Gasteiger partial charge in [-0.15, -0.1) is 6.42 Å². The molecule has 2 rings (SSSR count). The normalized spacial score (nSPS) is 9.82. The summed E-state index contributed by atoms with van der Waals surface area (Å²) in [5.74, 6) is 1.68. The fourth-order valence-electron chi connectivity index (χ4n) is 1.49. The minimum absolute atomic E-state index is 0.0595. The maximum Gasteiger partial charge on any atom is 0.354 e. The second-order valence-corrected chi connectivity index (χ2v) is 3.32. The van der Waals surface area contributed by atoms with Gasteiger partial charge in [0.25, 0.3) is 0 Å². The minimum Gasteiger partial charge on any atom is -0.480 e. The van der Waals surface area contributed by atoms with E-state index >= 15 is 0 Å². The van der Waals surface area contributed by atoms with Crippen molar-refractivity contribution in [1.29, 1.82) is 0 Å². The van der Waals surface area contributed by atoms with Gasteiger partial charge in [-0.05, 0) is 12.1 Å². The molecule has 0 saturated heterocycles. The number of hydrogen-bond donors (Lipinski definition) is 1. The van der Waals surface area contributed by atoms with E-state index in [1.54, 1.807) is 18.2 Å². The zero-order valence-corrected chi connectivity index (χ0v) is 8.88. The smallest absolute Gasteiger partial charge is 0.354 e. The summed E-state index contributed by atoms with van der Waals surface area (Å²) in [5.41, 5.74) is 0.509. The van der Waals surface area contributed by atoms with Crippen LogP contribution in [0.25, 0.3) is 10.9 Å². The number of nitrogens with zero attached hydrogens (tertiary/aromatic N) is 1. The number of para-hydroxylation sites is 1. The predicted octanol–water partition coefficient (Wildman–Crippen LogP) is 1.95. The van der Waals surface area contributed by atoms with E-state index in [1.807, 2.05) is 6.07 Å². The molecule has 0 amide bonds.